The Morgan fingerprint density at radius 2 is 1.31 bits per heavy atom. The average molecular weight is 408 g/mol. The molecule has 1 rings (SSSR count). The Labute approximate surface area is 184 Å². The lowest BCUT2D eigenvalue weighted by molar-refractivity contribution is 0.132. The first-order valence-corrected chi connectivity index (χ1v) is 11.9. The Morgan fingerprint density at radius 3 is 1.66 bits per heavy atom. The molecule has 1 aromatic heterocycles. The van der Waals surface area contributed by atoms with E-state index in [-0.39, 0.29) is 5.54 Å². The predicted octanol–water partition coefficient (Wildman–Crippen LogP) is 7.07. The molecular weight excluding hydrogens is 354 g/mol. The molecule has 0 radical (unpaired) electrons. The van der Waals surface area contributed by atoms with Crippen molar-refractivity contribution >= 4 is 0 Å². The van der Waals surface area contributed by atoms with Crippen LogP contribution < -0.4 is 0 Å². The zero-order chi connectivity index (χ0) is 22.9. The molecule has 0 unspecified atom stereocenters. The van der Waals surface area contributed by atoms with Crippen molar-refractivity contribution in [2.45, 2.75) is 112 Å². The molecule has 0 fully saturated rings. The van der Waals surface area contributed by atoms with Crippen LogP contribution in [0.2, 0.25) is 0 Å². The number of hydrogen-bond donors (Lipinski definition) is 0. The summed E-state index contributed by atoms with van der Waals surface area (Å²) in [5, 5.41) is 0. The zero-order valence-corrected chi connectivity index (χ0v) is 21.8. The van der Waals surface area contributed by atoms with Crippen LogP contribution in [0.4, 0.5) is 0 Å². The van der Waals surface area contributed by atoms with Gasteiger partial charge in [0.05, 0.1) is 0 Å². The Bertz CT molecular complexity index is 449. The van der Waals surface area contributed by atoms with Gasteiger partial charge in [-0.25, -0.2) is 0 Å². The SMILES string of the molecule is CC.CCCCN(CCCC)C(C)(C)C.CN(CCc1ccccn1)C(C)(C)C. The van der Waals surface area contributed by atoms with Crippen molar-refractivity contribution in [2.75, 3.05) is 26.7 Å². The summed E-state index contributed by atoms with van der Waals surface area (Å²) in [4.78, 5) is 9.27. The minimum Gasteiger partial charge on any atom is -0.301 e. The molecule has 0 saturated heterocycles. The molecule has 0 aromatic carbocycles. The fourth-order valence-corrected chi connectivity index (χ4v) is 2.64. The van der Waals surface area contributed by atoms with Gasteiger partial charge >= 0.3 is 0 Å². The molecule has 0 saturated carbocycles. The van der Waals surface area contributed by atoms with E-state index in [1.54, 1.807) is 0 Å². The van der Waals surface area contributed by atoms with Crippen LogP contribution in [-0.4, -0.2) is 52.5 Å². The van der Waals surface area contributed by atoms with Crippen molar-refractivity contribution in [3.63, 3.8) is 0 Å². The fourth-order valence-electron chi connectivity index (χ4n) is 2.64. The molecule has 1 heterocycles. The van der Waals surface area contributed by atoms with Gasteiger partial charge < -0.3 is 4.90 Å². The highest BCUT2D eigenvalue weighted by Crippen LogP contribution is 2.15. The van der Waals surface area contributed by atoms with Gasteiger partial charge in [-0.15, -0.1) is 0 Å². The van der Waals surface area contributed by atoms with Gasteiger partial charge in [-0.1, -0.05) is 46.6 Å². The van der Waals surface area contributed by atoms with Crippen molar-refractivity contribution in [1.29, 1.82) is 0 Å². The second-order valence-electron chi connectivity index (χ2n) is 9.53. The Hall–Kier alpha value is -0.930. The summed E-state index contributed by atoms with van der Waals surface area (Å²) in [7, 11) is 2.16. The number of likely N-dealkylation sites (N-methyl/N-ethyl adjacent to an activating group) is 1. The average Bonchev–Trinajstić information content (AvgIpc) is 2.67. The molecule has 172 valence electrons. The second-order valence-corrected chi connectivity index (χ2v) is 9.53. The van der Waals surface area contributed by atoms with Crippen molar-refractivity contribution in [2.24, 2.45) is 0 Å². The molecule has 0 spiro atoms. The summed E-state index contributed by atoms with van der Waals surface area (Å²) in [5.74, 6) is 0. The third-order valence-electron chi connectivity index (χ3n) is 5.09. The van der Waals surface area contributed by atoms with Crippen LogP contribution in [0.5, 0.6) is 0 Å². The molecule has 3 heteroatoms. The Kier molecular flexibility index (Phi) is 17.6. The maximum absolute atomic E-state index is 4.31. The summed E-state index contributed by atoms with van der Waals surface area (Å²) >= 11 is 0. The second kappa shape index (κ2) is 16.8. The molecule has 1 aromatic rings. The maximum Gasteiger partial charge on any atom is 0.0416 e. The van der Waals surface area contributed by atoms with Gasteiger partial charge in [0.15, 0.2) is 0 Å². The van der Waals surface area contributed by atoms with E-state index in [9.17, 15) is 0 Å². The van der Waals surface area contributed by atoms with Gasteiger partial charge in [0.25, 0.3) is 0 Å². The standard InChI is InChI=1S/C12H20N2.C12H27N.C2H6/c1-12(2,3)14(4)10-8-11-7-5-6-9-13-11;1-6-8-10-13(11-9-7-2)12(3,4)5;1-2/h5-7,9H,8,10H2,1-4H3;6-11H2,1-5H3;1-2H3. The van der Waals surface area contributed by atoms with Crippen LogP contribution in [0.1, 0.15) is 101 Å². The Balaban J connectivity index is 0. The summed E-state index contributed by atoms with van der Waals surface area (Å²) in [6.07, 6.45) is 8.15. The number of rotatable bonds is 9. The third kappa shape index (κ3) is 16.5. The first-order valence-electron chi connectivity index (χ1n) is 11.9. The lowest BCUT2D eigenvalue weighted by Gasteiger charge is -2.35. The molecule has 0 aliphatic carbocycles. The molecular formula is C26H53N3. The van der Waals surface area contributed by atoms with Crippen molar-refractivity contribution < 1.29 is 0 Å². The van der Waals surface area contributed by atoms with Gasteiger partial charge in [0.2, 0.25) is 0 Å². The highest BCUT2D eigenvalue weighted by molar-refractivity contribution is 5.03. The predicted molar refractivity (Wildman–Crippen MR) is 133 cm³/mol. The molecule has 0 aliphatic rings. The molecule has 0 amide bonds. The van der Waals surface area contributed by atoms with Crippen molar-refractivity contribution in [3.8, 4) is 0 Å². The van der Waals surface area contributed by atoms with E-state index in [4.69, 9.17) is 0 Å². The van der Waals surface area contributed by atoms with E-state index in [1.807, 2.05) is 32.2 Å². The quantitative estimate of drug-likeness (QED) is 0.436. The number of hydrogen-bond acceptors (Lipinski definition) is 3. The van der Waals surface area contributed by atoms with Crippen LogP contribution >= 0.6 is 0 Å². The lowest BCUT2D eigenvalue weighted by Crippen LogP contribution is -2.42. The van der Waals surface area contributed by atoms with Crippen LogP contribution in [0.25, 0.3) is 0 Å². The normalized spacial score (nSPS) is 11.6. The van der Waals surface area contributed by atoms with Crippen molar-refractivity contribution in [3.05, 3.63) is 30.1 Å². The van der Waals surface area contributed by atoms with E-state index in [0.29, 0.717) is 5.54 Å². The van der Waals surface area contributed by atoms with Gasteiger partial charge in [-0.2, -0.15) is 0 Å². The van der Waals surface area contributed by atoms with E-state index < -0.39 is 0 Å². The largest absolute Gasteiger partial charge is 0.301 e. The fraction of sp³-hybridized carbons (Fsp3) is 0.808. The molecule has 29 heavy (non-hydrogen) atoms. The van der Waals surface area contributed by atoms with E-state index in [0.717, 1.165) is 13.0 Å². The van der Waals surface area contributed by atoms with Crippen LogP contribution in [-0.2, 0) is 6.42 Å². The first kappa shape index (κ1) is 30.3. The van der Waals surface area contributed by atoms with E-state index in [2.05, 4.69) is 83.3 Å². The summed E-state index contributed by atoms with van der Waals surface area (Å²) in [5.41, 5.74) is 1.77. The first-order chi connectivity index (χ1) is 13.5. The van der Waals surface area contributed by atoms with E-state index in [1.165, 1.54) is 44.5 Å². The summed E-state index contributed by atoms with van der Waals surface area (Å²) < 4.78 is 0. The monoisotopic (exact) mass is 407 g/mol. The number of unbranched alkanes of at least 4 members (excludes halogenated alkanes) is 2. The highest BCUT2D eigenvalue weighted by Gasteiger charge is 2.19. The summed E-state index contributed by atoms with van der Waals surface area (Å²) in [6.45, 7) is 25.7. The number of nitrogens with zero attached hydrogens (tertiary/aromatic N) is 3. The van der Waals surface area contributed by atoms with E-state index >= 15 is 0 Å². The lowest BCUT2D eigenvalue weighted by atomic mass is 10.0. The van der Waals surface area contributed by atoms with Gasteiger partial charge in [-0.05, 0) is 86.7 Å². The van der Waals surface area contributed by atoms with Gasteiger partial charge in [0, 0.05) is 35.9 Å². The maximum atomic E-state index is 4.31. The summed E-state index contributed by atoms with van der Waals surface area (Å²) in [6, 6.07) is 6.08. The van der Waals surface area contributed by atoms with Crippen LogP contribution in [0.3, 0.4) is 0 Å². The number of aromatic nitrogens is 1. The Morgan fingerprint density at radius 1 is 0.793 bits per heavy atom. The van der Waals surface area contributed by atoms with Gasteiger partial charge in [0.1, 0.15) is 0 Å². The van der Waals surface area contributed by atoms with Crippen molar-refractivity contribution in [1.82, 2.24) is 14.8 Å². The molecule has 0 atom stereocenters. The van der Waals surface area contributed by atoms with Crippen LogP contribution in [0, 0.1) is 0 Å². The number of pyridine rings is 1. The smallest absolute Gasteiger partial charge is 0.0416 e. The highest BCUT2D eigenvalue weighted by atomic mass is 15.2. The molecule has 3 nitrogen and oxygen atoms in total. The van der Waals surface area contributed by atoms with Gasteiger partial charge in [-0.3, -0.25) is 9.88 Å². The molecule has 0 N–H and O–H groups in total. The van der Waals surface area contributed by atoms with Crippen LogP contribution in [0.15, 0.2) is 24.4 Å². The molecule has 0 bridgehead atoms. The minimum absolute atomic E-state index is 0.245. The minimum atomic E-state index is 0.245. The topological polar surface area (TPSA) is 19.4 Å². The zero-order valence-electron chi connectivity index (χ0n) is 21.8. The molecule has 0 aliphatic heterocycles. The third-order valence-corrected chi connectivity index (χ3v) is 5.09.